The van der Waals surface area contributed by atoms with E-state index in [0.717, 1.165) is 12.0 Å². The fourth-order valence-corrected chi connectivity index (χ4v) is 3.77. The quantitative estimate of drug-likeness (QED) is 0.342. The van der Waals surface area contributed by atoms with Gasteiger partial charge in [0.05, 0.1) is 23.9 Å². The molecule has 1 fully saturated rings. The summed E-state index contributed by atoms with van der Waals surface area (Å²) < 4.78 is 5.76. The summed E-state index contributed by atoms with van der Waals surface area (Å²) in [6, 6.07) is 16.8. The average Bonchev–Trinajstić information content (AvgIpc) is 3.09. The van der Waals surface area contributed by atoms with Gasteiger partial charge in [-0.15, -0.1) is 5.10 Å². The van der Waals surface area contributed by atoms with E-state index in [-0.39, 0.29) is 17.2 Å². The lowest BCUT2D eigenvalue weighted by atomic mass is 9.95. The number of nitrogens with zero attached hydrogens (tertiary/aromatic N) is 3. The highest BCUT2D eigenvalue weighted by Gasteiger charge is 2.47. The van der Waals surface area contributed by atoms with Gasteiger partial charge in [0.15, 0.2) is 5.82 Å². The standard InChI is InChI=1S/C26H25N3O4/c1-4-14-33-20-7-5-6-19(15-20)23-22(24(30)18-11-8-16(2)9-12-18)25(31)26(32)29(23)21-13-10-17(3)27-28-21/h5-13,15,23,30H,4,14H2,1-3H3. The first-order valence-electron chi connectivity index (χ1n) is 10.8. The molecule has 4 rings (SSSR count). The fraction of sp³-hybridized carbons (Fsp3) is 0.231. The maximum Gasteiger partial charge on any atom is 0.301 e. The van der Waals surface area contributed by atoms with Crippen LogP contribution in [0.3, 0.4) is 0 Å². The molecule has 2 heterocycles. The van der Waals surface area contributed by atoms with Crippen molar-refractivity contribution in [3.63, 3.8) is 0 Å². The smallest absolute Gasteiger partial charge is 0.301 e. The summed E-state index contributed by atoms with van der Waals surface area (Å²) in [5, 5.41) is 19.4. The number of Topliss-reactive ketones (excluding diaryl/α,β-unsaturated/α-hetero) is 1. The maximum absolute atomic E-state index is 13.2. The molecule has 0 saturated carbocycles. The lowest BCUT2D eigenvalue weighted by Crippen LogP contribution is -2.30. The van der Waals surface area contributed by atoms with Crippen LogP contribution in [0.2, 0.25) is 0 Å². The second-order valence-electron chi connectivity index (χ2n) is 7.99. The SMILES string of the molecule is CCCOc1cccc(C2C(=C(O)c3ccc(C)cc3)C(=O)C(=O)N2c2ccc(C)nn2)c1. The lowest BCUT2D eigenvalue weighted by Gasteiger charge is -2.24. The number of anilines is 1. The van der Waals surface area contributed by atoms with E-state index in [4.69, 9.17) is 4.74 Å². The molecule has 1 aliphatic rings. The van der Waals surface area contributed by atoms with Crippen molar-refractivity contribution in [1.82, 2.24) is 10.2 Å². The maximum atomic E-state index is 13.2. The zero-order chi connectivity index (χ0) is 23.5. The van der Waals surface area contributed by atoms with Crippen LogP contribution in [0.25, 0.3) is 5.76 Å². The van der Waals surface area contributed by atoms with Crippen molar-refractivity contribution in [2.45, 2.75) is 33.2 Å². The van der Waals surface area contributed by atoms with Gasteiger partial charge in [0, 0.05) is 5.56 Å². The number of ketones is 1. The summed E-state index contributed by atoms with van der Waals surface area (Å²) in [7, 11) is 0. The summed E-state index contributed by atoms with van der Waals surface area (Å²) in [5.41, 5.74) is 2.77. The van der Waals surface area contributed by atoms with Crippen molar-refractivity contribution in [3.05, 3.63) is 88.6 Å². The number of benzene rings is 2. The topological polar surface area (TPSA) is 92.6 Å². The lowest BCUT2D eigenvalue weighted by molar-refractivity contribution is -0.132. The van der Waals surface area contributed by atoms with Crippen LogP contribution in [0, 0.1) is 13.8 Å². The molecule has 1 N–H and O–H groups in total. The Morgan fingerprint density at radius 1 is 1.03 bits per heavy atom. The van der Waals surface area contributed by atoms with E-state index in [2.05, 4.69) is 10.2 Å². The fourth-order valence-electron chi connectivity index (χ4n) is 3.77. The molecule has 1 atom stereocenters. The Hall–Kier alpha value is -4.00. The molecule has 33 heavy (non-hydrogen) atoms. The first kappa shape index (κ1) is 22.2. The van der Waals surface area contributed by atoms with Crippen LogP contribution >= 0.6 is 0 Å². The highest BCUT2D eigenvalue weighted by atomic mass is 16.5. The molecule has 2 aromatic carbocycles. The molecule has 0 aliphatic carbocycles. The van der Waals surface area contributed by atoms with Gasteiger partial charge in [0.2, 0.25) is 0 Å². The number of carbonyl (C=O) groups is 2. The summed E-state index contributed by atoms with van der Waals surface area (Å²) in [6.07, 6.45) is 0.842. The Labute approximate surface area is 192 Å². The zero-order valence-corrected chi connectivity index (χ0v) is 18.8. The van der Waals surface area contributed by atoms with Gasteiger partial charge in [-0.2, -0.15) is 5.10 Å². The van der Waals surface area contributed by atoms with E-state index < -0.39 is 17.7 Å². The third-order valence-corrected chi connectivity index (χ3v) is 5.45. The number of rotatable bonds is 6. The molecule has 7 nitrogen and oxygen atoms in total. The highest BCUT2D eigenvalue weighted by molar-refractivity contribution is 6.51. The third-order valence-electron chi connectivity index (χ3n) is 5.45. The minimum Gasteiger partial charge on any atom is -0.507 e. The van der Waals surface area contributed by atoms with E-state index in [0.29, 0.717) is 29.2 Å². The van der Waals surface area contributed by atoms with E-state index >= 15 is 0 Å². The normalized spacial score (nSPS) is 17.4. The number of aromatic nitrogens is 2. The number of hydrogen-bond acceptors (Lipinski definition) is 6. The predicted octanol–water partition coefficient (Wildman–Crippen LogP) is 4.51. The summed E-state index contributed by atoms with van der Waals surface area (Å²) in [6.45, 7) is 6.27. The van der Waals surface area contributed by atoms with Crippen LogP contribution in [-0.2, 0) is 9.59 Å². The monoisotopic (exact) mass is 443 g/mol. The molecule has 1 aliphatic heterocycles. The molecule has 0 spiro atoms. The number of hydrogen-bond donors (Lipinski definition) is 1. The van der Waals surface area contributed by atoms with Crippen LogP contribution < -0.4 is 9.64 Å². The van der Waals surface area contributed by atoms with Gasteiger partial charge in [-0.25, -0.2) is 0 Å². The van der Waals surface area contributed by atoms with Gasteiger partial charge in [0.1, 0.15) is 11.5 Å². The number of aliphatic hydroxyl groups excluding tert-OH is 1. The first-order chi connectivity index (χ1) is 15.9. The Balaban J connectivity index is 1.90. The zero-order valence-electron chi connectivity index (χ0n) is 18.8. The average molecular weight is 444 g/mol. The molecule has 3 aromatic rings. The number of ether oxygens (including phenoxy) is 1. The molecular weight excluding hydrogens is 418 g/mol. The van der Waals surface area contributed by atoms with Gasteiger partial charge in [0.25, 0.3) is 5.78 Å². The van der Waals surface area contributed by atoms with Crippen LogP contribution in [-0.4, -0.2) is 33.6 Å². The second kappa shape index (κ2) is 9.24. The molecule has 0 radical (unpaired) electrons. The molecule has 1 amide bonds. The van der Waals surface area contributed by atoms with Gasteiger partial charge in [-0.05, 0) is 50.1 Å². The molecule has 0 bridgehead atoms. The number of amides is 1. The molecule has 7 heteroatoms. The Kier molecular flexibility index (Phi) is 6.22. The summed E-state index contributed by atoms with van der Waals surface area (Å²) >= 11 is 0. The molecule has 1 saturated heterocycles. The Bertz CT molecular complexity index is 1220. The molecule has 1 unspecified atom stereocenters. The minimum atomic E-state index is -0.881. The van der Waals surface area contributed by atoms with Crippen LogP contribution in [0.4, 0.5) is 5.82 Å². The number of aryl methyl sites for hydroxylation is 2. The van der Waals surface area contributed by atoms with Crippen molar-refractivity contribution in [2.24, 2.45) is 0 Å². The van der Waals surface area contributed by atoms with Gasteiger partial charge in [-0.1, -0.05) is 48.9 Å². The highest BCUT2D eigenvalue weighted by Crippen LogP contribution is 2.42. The van der Waals surface area contributed by atoms with Gasteiger partial charge < -0.3 is 9.84 Å². The van der Waals surface area contributed by atoms with Crippen molar-refractivity contribution in [1.29, 1.82) is 0 Å². The number of carbonyl (C=O) groups excluding carboxylic acids is 2. The molecular formula is C26H25N3O4. The third kappa shape index (κ3) is 4.35. The van der Waals surface area contributed by atoms with E-state index in [9.17, 15) is 14.7 Å². The van der Waals surface area contributed by atoms with E-state index in [1.807, 2.05) is 32.0 Å². The predicted molar refractivity (Wildman–Crippen MR) is 125 cm³/mol. The molecule has 1 aromatic heterocycles. The summed E-state index contributed by atoms with van der Waals surface area (Å²) in [5.74, 6) is -0.936. The second-order valence-corrected chi connectivity index (χ2v) is 7.99. The first-order valence-corrected chi connectivity index (χ1v) is 10.8. The van der Waals surface area contributed by atoms with Gasteiger partial charge >= 0.3 is 5.91 Å². The Morgan fingerprint density at radius 2 is 1.79 bits per heavy atom. The largest absolute Gasteiger partial charge is 0.507 e. The van der Waals surface area contributed by atoms with Crippen LogP contribution in [0.1, 0.15) is 41.8 Å². The number of aliphatic hydroxyl groups is 1. The van der Waals surface area contributed by atoms with E-state index in [1.165, 1.54) is 4.90 Å². The molecule has 168 valence electrons. The van der Waals surface area contributed by atoms with Crippen LogP contribution in [0.5, 0.6) is 5.75 Å². The van der Waals surface area contributed by atoms with Gasteiger partial charge in [-0.3, -0.25) is 14.5 Å². The minimum absolute atomic E-state index is 0.00105. The van der Waals surface area contributed by atoms with E-state index in [1.54, 1.807) is 49.4 Å². The van der Waals surface area contributed by atoms with Crippen molar-refractivity contribution >= 4 is 23.3 Å². The van der Waals surface area contributed by atoms with Crippen LogP contribution in [0.15, 0.2) is 66.2 Å². The van der Waals surface area contributed by atoms with Crippen molar-refractivity contribution < 1.29 is 19.4 Å². The Morgan fingerprint density at radius 3 is 2.45 bits per heavy atom. The summed E-state index contributed by atoms with van der Waals surface area (Å²) in [4.78, 5) is 27.6. The van der Waals surface area contributed by atoms with Crippen molar-refractivity contribution in [3.8, 4) is 5.75 Å². The van der Waals surface area contributed by atoms with Crippen molar-refractivity contribution in [2.75, 3.05) is 11.5 Å².